The van der Waals surface area contributed by atoms with Crippen LogP contribution in [-0.2, 0) is 9.47 Å². The largest absolute Gasteiger partial charge is 0.350 e. The topological polar surface area (TPSA) is 21.7 Å². The average Bonchev–Trinajstić information content (AvgIpc) is 2.76. The maximum Gasteiger partial charge on any atom is 0.159 e. The third-order valence-corrected chi connectivity index (χ3v) is 4.57. The van der Waals surface area contributed by atoms with Crippen LogP contribution < -0.4 is 0 Å². The van der Waals surface area contributed by atoms with Crippen molar-refractivity contribution in [1.29, 1.82) is 0 Å². The summed E-state index contributed by atoms with van der Waals surface area (Å²) < 4.78 is 10.9. The highest BCUT2D eigenvalue weighted by Crippen LogP contribution is 2.61. The normalized spacial score (nSPS) is 39.6. The van der Waals surface area contributed by atoms with Crippen LogP contribution in [0.3, 0.4) is 0 Å². The van der Waals surface area contributed by atoms with Crippen LogP contribution in [0.15, 0.2) is 0 Å². The first kappa shape index (κ1) is 10.1. The molecule has 86 valence electrons. The lowest BCUT2D eigenvalue weighted by atomic mass is 10.1. The van der Waals surface area contributed by atoms with Crippen molar-refractivity contribution in [3.05, 3.63) is 0 Å². The first-order valence-corrected chi connectivity index (χ1v) is 6.13. The highest BCUT2D eigenvalue weighted by molar-refractivity contribution is 5.11. The van der Waals surface area contributed by atoms with Crippen molar-refractivity contribution >= 4 is 0 Å². The van der Waals surface area contributed by atoms with E-state index in [1.165, 1.54) is 13.1 Å². The van der Waals surface area contributed by atoms with Gasteiger partial charge in [0, 0.05) is 26.1 Å². The highest BCUT2D eigenvalue weighted by atomic mass is 16.7. The minimum absolute atomic E-state index is 0.0786. The fraction of sp³-hybridized carbons (Fsp3) is 1.00. The van der Waals surface area contributed by atoms with E-state index in [1.54, 1.807) is 0 Å². The summed E-state index contributed by atoms with van der Waals surface area (Å²) in [5.74, 6) is 1.92. The molecule has 2 heterocycles. The van der Waals surface area contributed by atoms with Crippen LogP contribution in [0, 0.1) is 17.3 Å². The summed E-state index contributed by atoms with van der Waals surface area (Å²) in [6.07, 6.45) is 1.12. The van der Waals surface area contributed by atoms with Crippen LogP contribution in [0.25, 0.3) is 0 Å². The minimum atomic E-state index is 0.0786. The molecule has 2 atom stereocenters. The second-order valence-electron chi connectivity index (χ2n) is 5.75. The number of hydrogen-bond donors (Lipinski definition) is 0. The molecule has 3 heteroatoms. The Bertz CT molecular complexity index is 234. The molecule has 1 saturated carbocycles. The Labute approximate surface area is 91.7 Å². The molecule has 0 N–H and O–H groups in total. The van der Waals surface area contributed by atoms with E-state index in [-0.39, 0.29) is 6.29 Å². The summed E-state index contributed by atoms with van der Waals surface area (Å²) in [6.45, 7) is 10.1. The Morgan fingerprint density at radius 3 is 2.33 bits per heavy atom. The molecule has 1 aliphatic carbocycles. The Morgan fingerprint density at radius 2 is 1.73 bits per heavy atom. The molecule has 0 aromatic heterocycles. The molecule has 2 aliphatic heterocycles. The van der Waals surface area contributed by atoms with Gasteiger partial charge in [0.25, 0.3) is 0 Å². The second-order valence-corrected chi connectivity index (χ2v) is 5.75. The summed E-state index contributed by atoms with van der Waals surface area (Å²) in [5, 5.41) is 0. The summed E-state index contributed by atoms with van der Waals surface area (Å²) in [4.78, 5) is 2.58. The fourth-order valence-corrected chi connectivity index (χ4v) is 3.26. The van der Waals surface area contributed by atoms with Gasteiger partial charge in [-0.25, -0.2) is 0 Å². The van der Waals surface area contributed by atoms with Gasteiger partial charge in [0.2, 0.25) is 0 Å². The molecular formula is C12H21NO2. The maximum absolute atomic E-state index is 5.44. The van der Waals surface area contributed by atoms with Crippen molar-refractivity contribution in [1.82, 2.24) is 4.90 Å². The lowest BCUT2D eigenvalue weighted by molar-refractivity contribution is -0.0513. The summed E-state index contributed by atoms with van der Waals surface area (Å²) >= 11 is 0. The lowest BCUT2D eigenvalue weighted by Crippen LogP contribution is -2.29. The van der Waals surface area contributed by atoms with Gasteiger partial charge in [-0.15, -0.1) is 0 Å². The Balaban J connectivity index is 1.40. The minimum Gasteiger partial charge on any atom is -0.350 e. The van der Waals surface area contributed by atoms with Gasteiger partial charge in [0.15, 0.2) is 6.29 Å². The zero-order valence-electron chi connectivity index (χ0n) is 9.74. The smallest absolute Gasteiger partial charge is 0.159 e. The van der Waals surface area contributed by atoms with E-state index in [1.807, 2.05) is 0 Å². The average molecular weight is 211 g/mol. The number of piperidine rings is 1. The van der Waals surface area contributed by atoms with Crippen molar-refractivity contribution in [3.8, 4) is 0 Å². The number of nitrogens with zero attached hydrogens (tertiary/aromatic N) is 1. The summed E-state index contributed by atoms with van der Waals surface area (Å²) in [5.41, 5.74) is 0.636. The predicted octanol–water partition coefficient (Wildman–Crippen LogP) is 1.34. The molecule has 15 heavy (non-hydrogen) atoms. The van der Waals surface area contributed by atoms with Crippen LogP contribution in [-0.4, -0.2) is 44.0 Å². The standard InChI is InChI=1S/C12H21NO2/c1-12(2)9-7-13(8-10(9)12)4-3-11-14-5-6-15-11/h9-11H,3-8H2,1-2H3/t9-,10+. The molecule has 2 saturated heterocycles. The van der Waals surface area contributed by atoms with Crippen LogP contribution in [0.1, 0.15) is 20.3 Å². The Hall–Kier alpha value is -0.120. The van der Waals surface area contributed by atoms with Crippen molar-refractivity contribution in [2.75, 3.05) is 32.8 Å². The van der Waals surface area contributed by atoms with Crippen molar-refractivity contribution in [3.63, 3.8) is 0 Å². The highest BCUT2D eigenvalue weighted by Gasteiger charge is 2.61. The van der Waals surface area contributed by atoms with Crippen LogP contribution in [0.4, 0.5) is 0 Å². The number of likely N-dealkylation sites (tertiary alicyclic amines) is 1. The molecule has 0 aromatic rings. The molecule has 3 aliphatic rings. The lowest BCUT2D eigenvalue weighted by Gasteiger charge is -2.22. The van der Waals surface area contributed by atoms with Crippen molar-refractivity contribution < 1.29 is 9.47 Å². The van der Waals surface area contributed by atoms with Gasteiger partial charge in [-0.2, -0.15) is 0 Å². The van der Waals surface area contributed by atoms with Crippen LogP contribution in [0.2, 0.25) is 0 Å². The van der Waals surface area contributed by atoms with Crippen molar-refractivity contribution in [2.45, 2.75) is 26.6 Å². The van der Waals surface area contributed by atoms with Gasteiger partial charge >= 0.3 is 0 Å². The van der Waals surface area contributed by atoms with Gasteiger partial charge in [0.1, 0.15) is 0 Å². The zero-order valence-corrected chi connectivity index (χ0v) is 9.74. The predicted molar refractivity (Wildman–Crippen MR) is 57.5 cm³/mol. The van der Waals surface area contributed by atoms with Gasteiger partial charge in [-0.05, 0) is 17.3 Å². The summed E-state index contributed by atoms with van der Waals surface area (Å²) in [6, 6.07) is 0. The molecule has 0 radical (unpaired) electrons. The quantitative estimate of drug-likeness (QED) is 0.703. The van der Waals surface area contributed by atoms with Gasteiger partial charge < -0.3 is 14.4 Å². The van der Waals surface area contributed by atoms with E-state index in [9.17, 15) is 0 Å². The second kappa shape index (κ2) is 3.44. The Morgan fingerprint density at radius 1 is 1.13 bits per heavy atom. The number of hydrogen-bond acceptors (Lipinski definition) is 3. The fourth-order valence-electron chi connectivity index (χ4n) is 3.26. The number of fused-ring (bicyclic) bond motifs is 1. The van der Waals surface area contributed by atoms with E-state index < -0.39 is 0 Å². The van der Waals surface area contributed by atoms with E-state index in [0.717, 1.165) is 38.0 Å². The molecule has 0 spiro atoms. The van der Waals surface area contributed by atoms with Gasteiger partial charge in [-0.3, -0.25) is 0 Å². The van der Waals surface area contributed by atoms with E-state index in [4.69, 9.17) is 9.47 Å². The molecule has 0 amide bonds. The molecule has 3 rings (SSSR count). The molecule has 3 nitrogen and oxygen atoms in total. The Kier molecular flexibility index (Phi) is 2.31. The van der Waals surface area contributed by atoms with Gasteiger partial charge in [-0.1, -0.05) is 13.8 Å². The van der Waals surface area contributed by atoms with E-state index >= 15 is 0 Å². The molecule has 3 fully saturated rings. The van der Waals surface area contributed by atoms with E-state index in [2.05, 4.69) is 18.7 Å². The third kappa shape index (κ3) is 1.71. The van der Waals surface area contributed by atoms with Gasteiger partial charge in [0.05, 0.1) is 13.2 Å². The zero-order chi connectivity index (χ0) is 10.5. The first-order chi connectivity index (χ1) is 7.18. The third-order valence-electron chi connectivity index (χ3n) is 4.57. The first-order valence-electron chi connectivity index (χ1n) is 6.13. The molecule has 0 bridgehead atoms. The van der Waals surface area contributed by atoms with E-state index in [0.29, 0.717) is 5.41 Å². The maximum atomic E-state index is 5.44. The molecule has 0 aromatic carbocycles. The number of rotatable bonds is 3. The molecule has 0 unspecified atom stereocenters. The monoisotopic (exact) mass is 211 g/mol. The van der Waals surface area contributed by atoms with Crippen LogP contribution >= 0.6 is 0 Å². The van der Waals surface area contributed by atoms with Crippen LogP contribution in [0.5, 0.6) is 0 Å². The number of ether oxygens (including phenoxy) is 2. The van der Waals surface area contributed by atoms with Crippen molar-refractivity contribution in [2.24, 2.45) is 17.3 Å². The summed E-state index contributed by atoms with van der Waals surface area (Å²) in [7, 11) is 0. The molecular weight excluding hydrogens is 190 g/mol. The SMILES string of the molecule is CC1(C)[C@@H]2CN(CCC3OCCO3)C[C@@H]21.